The van der Waals surface area contributed by atoms with E-state index < -0.39 is 28.8 Å². The van der Waals surface area contributed by atoms with Gasteiger partial charge in [0.05, 0.1) is 41.7 Å². The molecule has 0 spiro atoms. The van der Waals surface area contributed by atoms with Gasteiger partial charge in [0.15, 0.2) is 0 Å². The summed E-state index contributed by atoms with van der Waals surface area (Å²) in [5.74, 6) is -1.70. The van der Waals surface area contributed by atoms with Gasteiger partial charge in [-0.1, -0.05) is 12.1 Å². The quantitative estimate of drug-likeness (QED) is 0.227. The fourth-order valence-corrected chi connectivity index (χ4v) is 4.23. The Morgan fingerprint density at radius 1 is 1.34 bits per heavy atom. The molecule has 172 valence electrons. The zero-order valence-electron chi connectivity index (χ0n) is 18.0. The molecule has 0 fully saturated rings. The van der Waals surface area contributed by atoms with Crippen LogP contribution in [-0.2, 0) is 23.9 Å². The van der Waals surface area contributed by atoms with Gasteiger partial charge in [0.1, 0.15) is 6.29 Å². The number of nitro groups is 1. The number of hydrogen-bond acceptors (Lipinski definition) is 10. The van der Waals surface area contributed by atoms with Crippen molar-refractivity contribution in [3.8, 4) is 0 Å². The molecule has 2 atom stereocenters. The van der Waals surface area contributed by atoms with Gasteiger partial charge < -0.3 is 25.3 Å². The van der Waals surface area contributed by atoms with Gasteiger partial charge in [-0.2, -0.15) is 11.8 Å². The molecule has 0 aliphatic carbocycles. The highest BCUT2D eigenvalue weighted by Gasteiger charge is 2.39. The Kier molecular flexibility index (Phi) is 8.97. The number of nitrogens with one attached hydrogen (secondary N) is 1. The van der Waals surface area contributed by atoms with Crippen LogP contribution in [0.5, 0.6) is 0 Å². The predicted octanol–water partition coefficient (Wildman–Crippen LogP) is 1.81. The summed E-state index contributed by atoms with van der Waals surface area (Å²) < 4.78 is 10.2. The van der Waals surface area contributed by atoms with Gasteiger partial charge >= 0.3 is 11.9 Å². The molecule has 0 radical (unpaired) electrons. The van der Waals surface area contributed by atoms with E-state index in [1.54, 1.807) is 19.9 Å². The number of aldehydes is 1. The Balaban J connectivity index is 2.66. The molecule has 1 heterocycles. The number of esters is 2. The van der Waals surface area contributed by atoms with Crippen LogP contribution in [0.3, 0.4) is 0 Å². The first-order chi connectivity index (χ1) is 15.2. The number of ether oxygens (including phenoxy) is 2. The summed E-state index contributed by atoms with van der Waals surface area (Å²) in [5.41, 5.74) is 7.04. The first-order valence-corrected chi connectivity index (χ1v) is 10.9. The highest BCUT2D eigenvalue weighted by Crippen LogP contribution is 2.40. The minimum absolute atomic E-state index is 0.0939. The number of rotatable bonds is 10. The van der Waals surface area contributed by atoms with E-state index in [1.807, 2.05) is 0 Å². The minimum Gasteiger partial charge on any atom is -0.466 e. The van der Waals surface area contributed by atoms with Gasteiger partial charge in [-0.05, 0) is 19.4 Å². The van der Waals surface area contributed by atoms with E-state index in [4.69, 9.17) is 15.2 Å². The van der Waals surface area contributed by atoms with Crippen molar-refractivity contribution in [2.75, 3.05) is 25.2 Å². The molecule has 3 N–H and O–H groups in total. The summed E-state index contributed by atoms with van der Waals surface area (Å²) in [7, 11) is 1.22. The average molecular weight is 464 g/mol. The van der Waals surface area contributed by atoms with Crippen LogP contribution in [-0.4, -0.2) is 54.4 Å². The van der Waals surface area contributed by atoms with Crippen LogP contribution >= 0.6 is 11.8 Å². The number of carbonyl (C=O) groups excluding carboxylic acids is 3. The highest BCUT2D eigenvalue weighted by molar-refractivity contribution is 7.99. The van der Waals surface area contributed by atoms with Crippen LogP contribution in [0.2, 0.25) is 0 Å². The Hall–Kier alpha value is -3.18. The third kappa shape index (κ3) is 5.74. The Labute approximate surface area is 189 Å². The van der Waals surface area contributed by atoms with E-state index in [-0.39, 0.29) is 29.2 Å². The molecule has 1 aliphatic heterocycles. The van der Waals surface area contributed by atoms with Gasteiger partial charge in [-0.3, -0.25) is 10.1 Å². The number of methoxy groups -OCH3 is 1. The number of benzene rings is 1. The molecule has 10 nitrogen and oxygen atoms in total. The lowest BCUT2D eigenvalue weighted by atomic mass is 9.80. The maximum atomic E-state index is 13.0. The van der Waals surface area contributed by atoms with E-state index in [9.17, 15) is 24.5 Å². The molecule has 0 amide bonds. The third-order valence-electron chi connectivity index (χ3n) is 4.69. The van der Waals surface area contributed by atoms with Crippen molar-refractivity contribution in [3.05, 3.63) is 62.5 Å². The van der Waals surface area contributed by atoms with E-state index >= 15 is 0 Å². The second kappa shape index (κ2) is 11.4. The molecule has 32 heavy (non-hydrogen) atoms. The summed E-state index contributed by atoms with van der Waals surface area (Å²) in [4.78, 5) is 47.3. The number of nitro benzene ring substituents is 1. The summed E-state index contributed by atoms with van der Waals surface area (Å²) >= 11 is 1.32. The summed E-state index contributed by atoms with van der Waals surface area (Å²) in [6, 6.07) is 5.07. The number of carbonyl (C=O) groups is 3. The molecule has 1 aromatic rings. The molecule has 0 saturated heterocycles. The van der Waals surface area contributed by atoms with Crippen LogP contribution in [0.4, 0.5) is 5.69 Å². The van der Waals surface area contributed by atoms with E-state index in [0.29, 0.717) is 29.0 Å². The molecule has 1 aromatic carbocycles. The number of nitrogens with two attached hydrogens (primary N) is 1. The molecule has 2 rings (SSSR count). The van der Waals surface area contributed by atoms with Crippen molar-refractivity contribution in [2.45, 2.75) is 25.8 Å². The van der Waals surface area contributed by atoms with Gasteiger partial charge in [0, 0.05) is 35.0 Å². The molecular weight excluding hydrogens is 438 g/mol. The SMILES string of the molecule is CCOC(=O)C1=C(CSCC(N)C=O)NC(C)=C(C(=O)OC)C1c1cccc([N+](=O)[O-])c1. The summed E-state index contributed by atoms with van der Waals surface area (Å²) in [6.45, 7) is 3.40. The third-order valence-corrected chi connectivity index (χ3v) is 5.80. The molecule has 0 aromatic heterocycles. The lowest BCUT2D eigenvalue weighted by Crippen LogP contribution is -2.34. The smallest absolute Gasteiger partial charge is 0.336 e. The maximum Gasteiger partial charge on any atom is 0.336 e. The van der Waals surface area contributed by atoms with Crippen LogP contribution in [0, 0.1) is 10.1 Å². The van der Waals surface area contributed by atoms with Crippen LogP contribution in [0.1, 0.15) is 25.3 Å². The number of thioether (sulfide) groups is 1. The second-order valence-corrected chi connectivity index (χ2v) is 7.90. The lowest BCUT2D eigenvalue weighted by molar-refractivity contribution is -0.384. The van der Waals surface area contributed by atoms with E-state index in [1.165, 1.54) is 37.1 Å². The zero-order valence-corrected chi connectivity index (χ0v) is 18.8. The highest BCUT2D eigenvalue weighted by atomic mass is 32.2. The van der Waals surface area contributed by atoms with Crippen molar-refractivity contribution >= 4 is 35.7 Å². The molecule has 1 aliphatic rings. The zero-order chi connectivity index (χ0) is 23.8. The van der Waals surface area contributed by atoms with E-state index in [2.05, 4.69) is 5.32 Å². The Bertz CT molecular complexity index is 974. The topological polar surface area (TPSA) is 151 Å². The first-order valence-electron chi connectivity index (χ1n) is 9.74. The van der Waals surface area contributed by atoms with Crippen LogP contribution in [0.25, 0.3) is 0 Å². The van der Waals surface area contributed by atoms with Gasteiger partial charge in [0.2, 0.25) is 0 Å². The summed E-state index contributed by atoms with van der Waals surface area (Å²) in [6.07, 6.45) is 0.633. The fraction of sp³-hybridized carbons (Fsp3) is 0.381. The Morgan fingerprint density at radius 2 is 2.06 bits per heavy atom. The maximum absolute atomic E-state index is 13.0. The fourth-order valence-electron chi connectivity index (χ4n) is 3.33. The number of nitrogens with zero attached hydrogens (tertiary/aromatic N) is 1. The monoisotopic (exact) mass is 463 g/mol. The van der Waals surface area contributed by atoms with Crippen LogP contribution < -0.4 is 11.1 Å². The van der Waals surface area contributed by atoms with Crippen molar-refractivity contribution < 1.29 is 28.8 Å². The van der Waals surface area contributed by atoms with Gasteiger partial charge in [0.25, 0.3) is 5.69 Å². The predicted molar refractivity (Wildman–Crippen MR) is 119 cm³/mol. The van der Waals surface area contributed by atoms with Crippen molar-refractivity contribution in [1.82, 2.24) is 5.32 Å². The summed E-state index contributed by atoms with van der Waals surface area (Å²) in [5, 5.41) is 14.4. The first kappa shape index (κ1) is 25.1. The molecule has 0 saturated carbocycles. The van der Waals surface area contributed by atoms with Crippen molar-refractivity contribution in [2.24, 2.45) is 5.73 Å². The second-order valence-electron chi connectivity index (χ2n) is 6.87. The molecule has 11 heteroatoms. The number of hydrogen-bond donors (Lipinski definition) is 2. The lowest BCUT2D eigenvalue weighted by Gasteiger charge is -2.31. The average Bonchev–Trinajstić information content (AvgIpc) is 2.78. The molecular formula is C21H25N3O7S. The van der Waals surface area contributed by atoms with E-state index in [0.717, 1.165) is 0 Å². The number of dihydropyridines is 1. The molecule has 2 unspecified atom stereocenters. The standard InChI is InChI=1S/C21H25N3O7S/c1-4-31-21(27)19-16(11-32-10-14(22)9-25)23-12(2)17(20(26)30-3)18(19)13-6-5-7-15(8-13)24(28)29/h5-9,14,18,23H,4,10-11,22H2,1-3H3. The number of non-ortho nitro benzene ring substituents is 1. The van der Waals surface area contributed by atoms with Crippen LogP contribution in [0.15, 0.2) is 46.8 Å². The number of allylic oxidation sites excluding steroid dienone is 1. The molecule has 0 bridgehead atoms. The van der Waals surface area contributed by atoms with Crippen molar-refractivity contribution in [3.63, 3.8) is 0 Å². The van der Waals surface area contributed by atoms with Gasteiger partial charge in [-0.15, -0.1) is 0 Å². The largest absolute Gasteiger partial charge is 0.466 e. The minimum atomic E-state index is -0.946. The normalized spacial score (nSPS) is 16.8. The Morgan fingerprint density at radius 3 is 2.66 bits per heavy atom. The van der Waals surface area contributed by atoms with Gasteiger partial charge in [-0.25, -0.2) is 9.59 Å². The van der Waals surface area contributed by atoms with Crippen molar-refractivity contribution in [1.29, 1.82) is 0 Å².